The van der Waals surface area contributed by atoms with Crippen LogP contribution in [0.25, 0.3) is 0 Å². The Morgan fingerprint density at radius 1 is 1.26 bits per heavy atom. The first-order valence-electron chi connectivity index (χ1n) is 6.24. The summed E-state index contributed by atoms with van der Waals surface area (Å²) in [5.74, 6) is -0.789. The van der Waals surface area contributed by atoms with Gasteiger partial charge in [0.1, 0.15) is 6.10 Å². The van der Waals surface area contributed by atoms with Crippen molar-refractivity contribution in [1.29, 1.82) is 0 Å². The van der Waals surface area contributed by atoms with Crippen molar-refractivity contribution >= 4 is 5.97 Å². The van der Waals surface area contributed by atoms with E-state index in [1.807, 2.05) is 38.1 Å². The van der Waals surface area contributed by atoms with Gasteiger partial charge in [-0.25, -0.2) is 0 Å². The molecule has 1 atom stereocenters. The summed E-state index contributed by atoms with van der Waals surface area (Å²) >= 11 is 0. The number of carbonyl (C=O) groups is 1. The molecule has 0 bridgehead atoms. The lowest BCUT2D eigenvalue weighted by atomic mass is 9.81. The Hall–Kier alpha value is -1.39. The van der Waals surface area contributed by atoms with Crippen molar-refractivity contribution in [3.63, 3.8) is 0 Å². The Bertz CT molecular complexity index is 409. The van der Waals surface area contributed by atoms with E-state index in [1.165, 1.54) is 0 Å². The number of methoxy groups -OCH3 is 2. The van der Waals surface area contributed by atoms with Crippen molar-refractivity contribution in [1.82, 2.24) is 0 Å². The molecule has 0 aromatic heterocycles. The van der Waals surface area contributed by atoms with E-state index >= 15 is 0 Å². The lowest BCUT2D eigenvalue weighted by Gasteiger charge is -2.24. The first kappa shape index (κ1) is 15.7. The maximum absolute atomic E-state index is 10.9. The van der Waals surface area contributed by atoms with Gasteiger partial charge in [0.2, 0.25) is 0 Å². The molecule has 0 fully saturated rings. The summed E-state index contributed by atoms with van der Waals surface area (Å²) in [5, 5.41) is 8.92. The van der Waals surface area contributed by atoms with E-state index in [-0.39, 0.29) is 17.9 Å². The second-order valence-electron chi connectivity index (χ2n) is 5.26. The van der Waals surface area contributed by atoms with Crippen LogP contribution in [-0.2, 0) is 19.7 Å². The normalized spacial score (nSPS) is 13.3. The van der Waals surface area contributed by atoms with E-state index in [0.29, 0.717) is 6.61 Å². The van der Waals surface area contributed by atoms with E-state index in [9.17, 15) is 4.79 Å². The molecule has 0 amide bonds. The maximum Gasteiger partial charge on any atom is 0.304 e. The minimum absolute atomic E-state index is 0.0957. The molecule has 0 saturated carbocycles. The molecule has 1 N–H and O–H groups in total. The van der Waals surface area contributed by atoms with Crippen LogP contribution in [0.5, 0.6) is 0 Å². The second kappa shape index (κ2) is 6.68. The lowest BCUT2D eigenvalue weighted by molar-refractivity contribution is -0.138. The standard InChI is InChI=1S/C15H22O4/c1-15(2,9-14(16)17)12-7-5-11(6-8-12)13(19-4)10-18-3/h5-8,13H,9-10H2,1-4H3,(H,16,17). The number of carboxylic acids is 1. The van der Waals surface area contributed by atoms with Crippen molar-refractivity contribution in [2.45, 2.75) is 31.8 Å². The molecule has 19 heavy (non-hydrogen) atoms. The molecule has 0 aliphatic carbocycles. The smallest absolute Gasteiger partial charge is 0.304 e. The minimum Gasteiger partial charge on any atom is -0.481 e. The summed E-state index contributed by atoms with van der Waals surface area (Å²) in [4.78, 5) is 10.9. The SMILES string of the molecule is COCC(OC)c1ccc(C(C)(C)CC(=O)O)cc1. The number of carboxylic acid groups (broad SMARTS) is 1. The van der Waals surface area contributed by atoms with E-state index in [1.54, 1.807) is 14.2 Å². The van der Waals surface area contributed by atoms with Crippen molar-refractivity contribution in [3.8, 4) is 0 Å². The zero-order chi connectivity index (χ0) is 14.5. The molecule has 1 aromatic rings. The fourth-order valence-corrected chi connectivity index (χ4v) is 2.08. The van der Waals surface area contributed by atoms with Gasteiger partial charge in [0.15, 0.2) is 0 Å². The van der Waals surface area contributed by atoms with Crippen LogP contribution < -0.4 is 0 Å². The lowest BCUT2D eigenvalue weighted by Crippen LogP contribution is -2.21. The average molecular weight is 266 g/mol. The van der Waals surface area contributed by atoms with Gasteiger partial charge in [0, 0.05) is 19.6 Å². The molecule has 0 aliphatic heterocycles. The molecule has 0 spiro atoms. The maximum atomic E-state index is 10.9. The molecule has 0 radical (unpaired) electrons. The fraction of sp³-hybridized carbons (Fsp3) is 0.533. The Kier molecular flexibility index (Phi) is 5.51. The van der Waals surface area contributed by atoms with Crippen LogP contribution in [0.15, 0.2) is 24.3 Å². The van der Waals surface area contributed by atoms with E-state index in [4.69, 9.17) is 14.6 Å². The van der Waals surface area contributed by atoms with E-state index in [0.717, 1.165) is 11.1 Å². The van der Waals surface area contributed by atoms with Crippen molar-refractivity contribution in [2.75, 3.05) is 20.8 Å². The van der Waals surface area contributed by atoms with Gasteiger partial charge in [0.25, 0.3) is 0 Å². The van der Waals surface area contributed by atoms with E-state index in [2.05, 4.69) is 0 Å². The van der Waals surface area contributed by atoms with Crippen LogP contribution in [0.1, 0.15) is 37.5 Å². The number of benzene rings is 1. The summed E-state index contributed by atoms with van der Waals surface area (Å²) < 4.78 is 10.4. The predicted molar refractivity (Wildman–Crippen MR) is 73.3 cm³/mol. The van der Waals surface area contributed by atoms with Crippen molar-refractivity contribution in [2.24, 2.45) is 0 Å². The quantitative estimate of drug-likeness (QED) is 0.824. The summed E-state index contributed by atoms with van der Waals surface area (Å²) in [5.41, 5.74) is 1.65. The molecular weight excluding hydrogens is 244 g/mol. The highest BCUT2D eigenvalue weighted by atomic mass is 16.5. The van der Waals surface area contributed by atoms with Gasteiger partial charge in [0.05, 0.1) is 13.0 Å². The highest BCUT2D eigenvalue weighted by molar-refractivity contribution is 5.68. The summed E-state index contributed by atoms with van der Waals surface area (Å²) in [6.07, 6.45) is 0.0135. The molecule has 0 heterocycles. The molecular formula is C15H22O4. The monoisotopic (exact) mass is 266 g/mol. The van der Waals surface area contributed by atoms with Gasteiger partial charge >= 0.3 is 5.97 Å². The highest BCUT2D eigenvalue weighted by Crippen LogP contribution is 2.28. The molecule has 1 aromatic carbocycles. The number of hydrogen-bond donors (Lipinski definition) is 1. The predicted octanol–water partition coefficient (Wildman–Crippen LogP) is 2.77. The summed E-state index contributed by atoms with van der Waals surface area (Å²) in [6, 6.07) is 7.85. The molecule has 0 aliphatic rings. The van der Waals surface area contributed by atoms with Gasteiger partial charge in [-0.2, -0.15) is 0 Å². The van der Waals surface area contributed by atoms with E-state index < -0.39 is 5.97 Å². The van der Waals surface area contributed by atoms with Crippen molar-refractivity contribution < 1.29 is 19.4 Å². The summed E-state index contributed by atoms with van der Waals surface area (Å²) in [7, 11) is 3.28. The number of hydrogen-bond acceptors (Lipinski definition) is 3. The Balaban J connectivity index is 2.89. The Labute approximate surface area is 114 Å². The fourth-order valence-electron chi connectivity index (χ4n) is 2.08. The summed E-state index contributed by atoms with van der Waals surface area (Å²) in [6.45, 7) is 4.35. The van der Waals surface area contributed by atoms with Crippen LogP contribution in [0.2, 0.25) is 0 Å². The van der Waals surface area contributed by atoms with Gasteiger partial charge in [-0.1, -0.05) is 38.1 Å². The van der Waals surface area contributed by atoms with Crippen LogP contribution in [-0.4, -0.2) is 31.9 Å². The average Bonchev–Trinajstić information content (AvgIpc) is 2.34. The molecule has 1 unspecified atom stereocenters. The number of ether oxygens (including phenoxy) is 2. The Morgan fingerprint density at radius 2 is 1.84 bits per heavy atom. The largest absolute Gasteiger partial charge is 0.481 e. The molecule has 106 valence electrons. The first-order valence-corrected chi connectivity index (χ1v) is 6.24. The third-order valence-electron chi connectivity index (χ3n) is 3.26. The minimum atomic E-state index is -0.789. The van der Waals surface area contributed by atoms with Gasteiger partial charge in [-0.15, -0.1) is 0 Å². The zero-order valence-corrected chi connectivity index (χ0v) is 12.0. The van der Waals surface area contributed by atoms with Crippen LogP contribution in [0, 0.1) is 0 Å². The molecule has 4 heteroatoms. The molecule has 4 nitrogen and oxygen atoms in total. The van der Waals surface area contributed by atoms with Crippen molar-refractivity contribution in [3.05, 3.63) is 35.4 Å². The molecule has 0 saturated heterocycles. The third-order valence-corrected chi connectivity index (χ3v) is 3.26. The Morgan fingerprint density at radius 3 is 2.26 bits per heavy atom. The molecule has 1 rings (SSSR count). The third kappa shape index (κ3) is 4.33. The van der Waals surface area contributed by atoms with Gasteiger partial charge in [-0.05, 0) is 11.1 Å². The van der Waals surface area contributed by atoms with Gasteiger partial charge < -0.3 is 14.6 Å². The number of aliphatic carboxylic acids is 1. The second-order valence-corrected chi connectivity index (χ2v) is 5.26. The highest BCUT2D eigenvalue weighted by Gasteiger charge is 2.24. The topological polar surface area (TPSA) is 55.8 Å². The van der Waals surface area contributed by atoms with Crippen LogP contribution in [0.3, 0.4) is 0 Å². The van der Waals surface area contributed by atoms with Gasteiger partial charge in [-0.3, -0.25) is 4.79 Å². The first-order chi connectivity index (χ1) is 8.90. The zero-order valence-electron chi connectivity index (χ0n) is 12.0. The van der Waals surface area contributed by atoms with Crippen LogP contribution in [0.4, 0.5) is 0 Å². The van der Waals surface area contributed by atoms with Crippen LogP contribution >= 0.6 is 0 Å². The number of rotatable bonds is 7.